The van der Waals surface area contributed by atoms with E-state index in [2.05, 4.69) is 36.6 Å². The van der Waals surface area contributed by atoms with E-state index < -0.39 is 47.2 Å². The molecule has 1 aromatic rings. The molecular formula is C18H14Br2O8. The molecule has 8 nitrogen and oxygen atoms in total. The number of methoxy groups -OCH3 is 1. The van der Waals surface area contributed by atoms with Crippen LogP contribution in [0.25, 0.3) is 0 Å². The molecule has 148 valence electrons. The van der Waals surface area contributed by atoms with Gasteiger partial charge in [-0.05, 0) is 50.9 Å². The molecule has 1 aliphatic carbocycles. The molecule has 1 saturated carbocycles. The number of esters is 3. The molecule has 0 aromatic heterocycles. The van der Waals surface area contributed by atoms with E-state index in [-0.39, 0.29) is 11.1 Å². The van der Waals surface area contributed by atoms with E-state index in [1.165, 1.54) is 0 Å². The number of rotatable bonds is 3. The van der Waals surface area contributed by atoms with E-state index >= 15 is 0 Å². The van der Waals surface area contributed by atoms with Crippen LogP contribution < -0.4 is 0 Å². The highest BCUT2D eigenvalue weighted by molar-refractivity contribution is 9.11. The monoisotopic (exact) mass is 516 g/mol. The summed E-state index contributed by atoms with van der Waals surface area (Å²) in [5.41, 5.74) is -2.26. The minimum atomic E-state index is -2.19. The Labute approximate surface area is 176 Å². The Morgan fingerprint density at radius 2 is 1.79 bits per heavy atom. The van der Waals surface area contributed by atoms with Crippen molar-refractivity contribution in [1.29, 1.82) is 0 Å². The number of carbonyl (C=O) groups excluding carboxylic acids is 4. The van der Waals surface area contributed by atoms with Gasteiger partial charge in [-0.1, -0.05) is 6.07 Å². The first-order valence-electron chi connectivity index (χ1n) is 8.01. The normalized spacial score (nSPS) is 28.9. The molecule has 0 amide bonds. The number of benzene rings is 1. The number of ether oxygens (including phenoxy) is 3. The van der Waals surface area contributed by atoms with Crippen LogP contribution in [0.15, 0.2) is 39.0 Å². The fourth-order valence-corrected chi connectivity index (χ4v) is 4.74. The molecule has 28 heavy (non-hydrogen) atoms. The molecule has 0 unspecified atom stereocenters. The number of halogens is 2. The minimum absolute atomic E-state index is 0.111. The Morgan fingerprint density at radius 3 is 2.36 bits per heavy atom. The molecule has 10 heteroatoms. The molecule has 1 heterocycles. The molecule has 0 bridgehead atoms. The summed E-state index contributed by atoms with van der Waals surface area (Å²) in [6, 6.07) is 4.89. The zero-order valence-corrected chi connectivity index (χ0v) is 17.8. The van der Waals surface area contributed by atoms with Crippen LogP contribution in [0.4, 0.5) is 0 Å². The van der Waals surface area contributed by atoms with Crippen molar-refractivity contribution in [1.82, 2.24) is 0 Å². The summed E-state index contributed by atoms with van der Waals surface area (Å²) >= 11 is 6.47. The highest BCUT2D eigenvalue weighted by Gasteiger charge is 2.65. The first-order valence-corrected chi connectivity index (χ1v) is 9.60. The third-order valence-electron chi connectivity index (χ3n) is 4.79. The number of Topliss-reactive ketones (excluding diaryl/α,β-unsaturated/α-hetero) is 1. The van der Waals surface area contributed by atoms with E-state index in [1.807, 2.05) is 0 Å². The number of cyclic esters (lactones) is 1. The van der Waals surface area contributed by atoms with Crippen molar-refractivity contribution in [2.45, 2.75) is 18.6 Å². The SMILES string of the molecule is COC(=O)C1=COC(=O)[C@H]2[C@@H]1[C@H](OC(=O)c1c(Br)cccc1Br)C(=O)[C@]2(C)O. The van der Waals surface area contributed by atoms with E-state index in [1.54, 1.807) is 18.2 Å². The van der Waals surface area contributed by atoms with Gasteiger partial charge in [0.15, 0.2) is 6.10 Å². The van der Waals surface area contributed by atoms with Crippen molar-refractivity contribution < 1.29 is 38.5 Å². The zero-order valence-electron chi connectivity index (χ0n) is 14.6. The second kappa shape index (κ2) is 7.41. The average Bonchev–Trinajstić information content (AvgIpc) is 2.83. The summed E-state index contributed by atoms with van der Waals surface area (Å²) in [7, 11) is 1.11. The summed E-state index contributed by atoms with van der Waals surface area (Å²) in [4.78, 5) is 49.9. The van der Waals surface area contributed by atoms with Crippen LogP contribution in [0.2, 0.25) is 0 Å². The highest BCUT2D eigenvalue weighted by Crippen LogP contribution is 2.46. The van der Waals surface area contributed by atoms with Gasteiger partial charge in [-0.2, -0.15) is 0 Å². The van der Waals surface area contributed by atoms with Crippen molar-refractivity contribution >= 4 is 55.6 Å². The van der Waals surface area contributed by atoms with Crippen LogP contribution in [0.3, 0.4) is 0 Å². The van der Waals surface area contributed by atoms with Gasteiger partial charge in [0.1, 0.15) is 17.8 Å². The largest absolute Gasteiger partial charge is 0.466 e. The molecule has 0 saturated heterocycles. The fraction of sp³-hybridized carbons (Fsp3) is 0.333. The van der Waals surface area contributed by atoms with Crippen LogP contribution in [-0.4, -0.2) is 47.6 Å². The van der Waals surface area contributed by atoms with E-state index in [0.717, 1.165) is 20.3 Å². The molecule has 1 aromatic carbocycles. The molecule has 3 rings (SSSR count). The van der Waals surface area contributed by atoms with Crippen molar-refractivity contribution in [3.8, 4) is 0 Å². The molecule has 1 aliphatic heterocycles. The van der Waals surface area contributed by atoms with E-state index in [9.17, 15) is 24.3 Å². The summed E-state index contributed by atoms with van der Waals surface area (Å²) in [6.45, 7) is 1.12. The lowest BCUT2D eigenvalue weighted by atomic mass is 9.81. The van der Waals surface area contributed by atoms with E-state index in [0.29, 0.717) is 8.95 Å². The van der Waals surface area contributed by atoms with Crippen molar-refractivity contribution in [2.24, 2.45) is 11.8 Å². The first-order chi connectivity index (χ1) is 13.1. The standard InChI is InChI=1S/C18H14Br2O8/c1-18(25)12-10(7(15(22)26-2)6-27-17(12)24)13(14(18)21)28-16(23)11-8(19)4-3-5-9(11)20/h3-6,10,12-13,25H,1-2H3/t10-,12-,13+,18-/m1/s1. The Morgan fingerprint density at radius 1 is 1.18 bits per heavy atom. The maximum Gasteiger partial charge on any atom is 0.341 e. The predicted octanol–water partition coefficient (Wildman–Crippen LogP) is 1.92. The molecule has 1 N–H and O–H groups in total. The number of hydrogen-bond donors (Lipinski definition) is 1. The summed E-state index contributed by atoms with van der Waals surface area (Å²) in [5.74, 6) is -6.21. The maximum absolute atomic E-state index is 12.8. The van der Waals surface area contributed by atoms with Gasteiger partial charge in [-0.25, -0.2) is 9.59 Å². The van der Waals surface area contributed by atoms with Gasteiger partial charge in [0.05, 0.1) is 24.2 Å². The minimum Gasteiger partial charge on any atom is -0.466 e. The van der Waals surface area contributed by atoms with Crippen LogP contribution in [0.1, 0.15) is 17.3 Å². The van der Waals surface area contributed by atoms with Gasteiger partial charge in [-0.15, -0.1) is 0 Å². The molecule has 0 radical (unpaired) electrons. The second-order valence-electron chi connectivity index (χ2n) is 6.44. The Balaban J connectivity index is 2.04. The second-order valence-corrected chi connectivity index (χ2v) is 8.15. The predicted molar refractivity (Wildman–Crippen MR) is 99.8 cm³/mol. The number of carbonyl (C=O) groups is 4. The van der Waals surface area contributed by atoms with Crippen LogP contribution >= 0.6 is 31.9 Å². The van der Waals surface area contributed by atoms with Crippen molar-refractivity contribution in [2.75, 3.05) is 7.11 Å². The van der Waals surface area contributed by atoms with Gasteiger partial charge >= 0.3 is 17.9 Å². The zero-order chi connectivity index (χ0) is 20.8. The number of ketones is 1. The molecule has 0 spiro atoms. The van der Waals surface area contributed by atoms with Gasteiger partial charge < -0.3 is 19.3 Å². The molecule has 2 aliphatic rings. The van der Waals surface area contributed by atoms with E-state index in [4.69, 9.17) is 9.47 Å². The fourth-order valence-electron chi connectivity index (χ4n) is 3.42. The van der Waals surface area contributed by atoms with Crippen LogP contribution in [0, 0.1) is 11.8 Å². The lowest BCUT2D eigenvalue weighted by Crippen LogP contribution is -2.44. The first kappa shape index (κ1) is 20.7. The van der Waals surface area contributed by atoms with Gasteiger partial charge in [0.2, 0.25) is 5.78 Å². The Bertz CT molecular complexity index is 900. The maximum atomic E-state index is 12.8. The average molecular weight is 518 g/mol. The third kappa shape index (κ3) is 3.19. The Kier molecular flexibility index (Phi) is 5.48. The van der Waals surface area contributed by atoms with Crippen LogP contribution in [0.5, 0.6) is 0 Å². The highest BCUT2D eigenvalue weighted by atomic mass is 79.9. The summed E-state index contributed by atoms with van der Waals surface area (Å²) in [6.07, 6.45) is -0.719. The molecule has 1 fully saturated rings. The topological polar surface area (TPSA) is 116 Å². The summed E-state index contributed by atoms with van der Waals surface area (Å²) in [5, 5.41) is 10.6. The van der Waals surface area contributed by atoms with Gasteiger partial charge in [-0.3, -0.25) is 9.59 Å². The number of hydrogen-bond acceptors (Lipinski definition) is 8. The van der Waals surface area contributed by atoms with Crippen molar-refractivity contribution in [3.63, 3.8) is 0 Å². The molecule has 4 atom stereocenters. The van der Waals surface area contributed by atoms with Crippen molar-refractivity contribution in [3.05, 3.63) is 44.5 Å². The van der Waals surface area contributed by atoms with Gasteiger partial charge in [0.25, 0.3) is 0 Å². The van der Waals surface area contributed by atoms with Crippen LogP contribution in [-0.2, 0) is 28.6 Å². The summed E-state index contributed by atoms with van der Waals surface area (Å²) < 4.78 is 15.7. The van der Waals surface area contributed by atoms with Gasteiger partial charge in [0, 0.05) is 8.95 Å². The lowest BCUT2D eigenvalue weighted by molar-refractivity contribution is -0.158. The smallest absolute Gasteiger partial charge is 0.341 e. The molecular weight excluding hydrogens is 504 g/mol. The Hall–Kier alpha value is -2.04. The third-order valence-corrected chi connectivity index (χ3v) is 6.11. The number of aliphatic hydroxyl groups is 1. The number of fused-ring (bicyclic) bond motifs is 1. The quantitative estimate of drug-likeness (QED) is 0.477. The lowest BCUT2D eigenvalue weighted by Gasteiger charge is -2.29.